The lowest BCUT2D eigenvalue weighted by Crippen LogP contribution is -2.21. The molecule has 26 heavy (non-hydrogen) atoms. The fourth-order valence-electron chi connectivity index (χ4n) is 2.56. The number of esters is 1. The maximum absolute atomic E-state index is 12.3. The molecule has 0 aliphatic rings. The first kappa shape index (κ1) is 18.0. The van der Waals surface area contributed by atoms with E-state index >= 15 is 0 Å². The van der Waals surface area contributed by atoms with Crippen LogP contribution in [0.2, 0.25) is 0 Å². The van der Waals surface area contributed by atoms with Crippen LogP contribution in [0.3, 0.4) is 0 Å². The molecule has 1 aromatic carbocycles. The molecule has 0 N–H and O–H groups in total. The zero-order chi connectivity index (χ0) is 18.5. The van der Waals surface area contributed by atoms with E-state index in [2.05, 4.69) is 16.9 Å². The first-order valence-electron chi connectivity index (χ1n) is 8.44. The Labute approximate surface area is 155 Å². The van der Waals surface area contributed by atoms with Gasteiger partial charge in [-0.3, -0.25) is 4.79 Å². The minimum atomic E-state index is -0.348. The number of benzene rings is 1. The standard InChI is InChI=1S/C19H19N3O3S/c1-3-12-22(14-9-7-13(8-10-14)18(24)25-4-2)19-21-16(23)15-6-5-11-20-17(15)26-19/h5-11H,3-4,12H2,1-2H3. The SMILES string of the molecule is CCCN(c1ccc(C(=O)OCC)cc1)c1nc(=O)c2cccnc2s1. The number of ether oxygens (including phenoxy) is 1. The number of carbonyl (C=O) groups is 1. The summed E-state index contributed by atoms with van der Waals surface area (Å²) in [5, 5.41) is 1.11. The Morgan fingerprint density at radius 1 is 1.19 bits per heavy atom. The van der Waals surface area contributed by atoms with Gasteiger partial charge in [-0.2, -0.15) is 4.98 Å². The molecular formula is C19H19N3O3S. The smallest absolute Gasteiger partial charge is 0.338 e. The van der Waals surface area contributed by atoms with Crippen LogP contribution in [0.4, 0.5) is 10.8 Å². The van der Waals surface area contributed by atoms with E-state index in [1.165, 1.54) is 11.3 Å². The monoisotopic (exact) mass is 369 g/mol. The van der Waals surface area contributed by atoms with Gasteiger partial charge in [-0.15, -0.1) is 0 Å². The minimum absolute atomic E-state index is 0.286. The van der Waals surface area contributed by atoms with Crippen LogP contribution in [0.25, 0.3) is 10.2 Å². The van der Waals surface area contributed by atoms with E-state index in [-0.39, 0.29) is 11.5 Å². The van der Waals surface area contributed by atoms with E-state index < -0.39 is 0 Å². The fraction of sp³-hybridized carbons (Fsp3) is 0.263. The number of hydrogen-bond acceptors (Lipinski definition) is 7. The zero-order valence-electron chi connectivity index (χ0n) is 14.6. The van der Waals surface area contributed by atoms with Crippen molar-refractivity contribution in [2.45, 2.75) is 20.3 Å². The molecule has 0 radical (unpaired) electrons. The van der Waals surface area contributed by atoms with E-state index in [9.17, 15) is 9.59 Å². The van der Waals surface area contributed by atoms with Gasteiger partial charge in [0.05, 0.1) is 17.6 Å². The van der Waals surface area contributed by atoms with Gasteiger partial charge in [0, 0.05) is 18.4 Å². The first-order valence-corrected chi connectivity index (χ1v) is 9.26. The fourth-order valence-corrected chi connectivity index (χ4v) is 3.54. The third-order valence-electron chi connectivity index (χ3n) is 3.75. The highest BCUT2D eigenvalue weighted by Gasteiger charge is 2.15. The summed E-state index contributed by atoms with van der Waals surface area (Å²) < 4.78 is 5.01. The third kappa shape index (κ3) is 3.72. The lowest BCUT2D eigenvalue weighted by Gasteiger charge is -2.22. The molecule has 0 aliphatic carbocycles. The van der Waals surface area contributed by atoms with Crippen molar-refractivity contribution in [2.24, 2.45) is 0 Å². The second kappa shape index (κ2) is 8.05. The van der Waals surface area contributed by atoms with Crippen molar-refractivity contribution in [2.75, 3.05) is 18.1 Å². The predicted molar refractivity (Wildman–Crippen MR) is 103 cm³/mol. The molecule has 2 aromatic heterocycles. The Kier molecular flexibility index (Phi) is 5.58. The number of rotatable bonds is 6. The number of aromatic nitrogens is 2. The largest absolute Gasteiger partial charge is 0.462 e. The molecule has 0 saturated carbocycles. The molecule has 0 fully saturated rings. The molecular weight excluding hydrogens is 350 g/mol. The van der Waals surface area contributed by atoms with Crippen LogP contribution in [0.1, 0.15) is 30.6 Å². The Morgan fingerprint density at radius 2 is 1.96 bits per heavy atom. The van der Waals surface area contributed by atoms with Crippen molar-refractivity contribution in [1.29, 1.82) is 0 Å². The van der Waals surface area contributed by atoms with Crippen molar-refractivity contribution >= 4 is 38.3 Å². The maximum atomic E-state index is 12.3. The molecule has 0 aliphatic heterocycles. The second-order valence-corrected chi connectivity index (χ2v) is 6.53. The van der Waals surface area contributed by atoms with Crippen molar-refractivity contribution in [3.05, 3.63) is 58.5 Å². The molecule has 0 spiro atoms. The number of hydrogen-bond donors (Lipinski definition) is 0. The number of carbonyl (C=O) groups excluding carboxylic acids is 1. The first-order chi connectivity index (χ1) is 12.6. The van der Waals surface area contributed by atoms with Crippen LogP contribution in [0, 0.1) is 0 Å². The van der Waals surface area contributed by atoms with E-state index in [0.717, 1.165) is 12.1 Å². The van der Waals surface area contributed by atoms with Crippen LogP contribution in [-0.4, -0.2) is 29.1 Å². The minimum Gasteiger partial charge on any atom is -0.462 e. The van der Waals surface area contributed by atoms with Crippen molar-refractivity contribution in [3.8, 4) is 0 Å². The summed E-state index contributed by atoms with van der Waals surface area (Å²) in [5.74, 6) is -0.348. The van der Waals surface area contributed by atoms with E-state index in [4.69, 9.17) is 4.74 Å². The van der Waals surface area contributed by atoms with Gasteiger partial charge in [0.1, 0.15) is 4.83 Å². The van der Waals surface area contributed by atoms with Gasteiger partial charge in [0.15, 0.2) is 5.13 Å². The van der Waals surface area contributed by atoms with E-state index in [1.807, 2.05) is 17.0 Å². The second-order valence-electron chi connectivity index (χ2n) is 5.58. The summed E-state index contributed by atoms with van der Waals surface area (Å²) >= 11 is 1.37. The van der Waals surface area contributed by atoms with Crippen molar-refractivity contribution in [1.82, 2.24) is 9.97 Å². The normalized spacial score (nSPS) is 10.7. The Morgan fingerprint density at radius 3 is 2.65 bits per heavy atom. The van der Waals surface area contributed by atoms with Crippen LogP contribution in [0.5, 0.6) is 0 Å². The molecule has 0 saturated heterocycles. The highest BCUT2D eigenvalue weighted by atomic mass is 32.1. The van der Waals surface area contributed by atoms with E-state index in [0.29, 0.717) is 34.1 Å². The molecule has 134 valence electrons. The molecule has 2 heterocycles. The Bertz CT molecular complexity index is 970. The Hall–Kier alpha value is -2.80. The number of fused-ring (bicyclic) bond motifs is 1. The van der Waals surface area contributed by atoms with Gasteiger partial charge in [-0.05, 0) is 49.7 Å². The topological polar surface area (TPSA) is 72.4 Å². The van der Waals surface area contributed by atoms with Crippen molar-refractivity contribution < 1.29 is 9.53 Å². The summed E-state index contributed by atoms with van der Waals surface area (Å²) in [6.45, 7) is 4.86. The van der Waals surface area contributed by atoms with E-state index in [1.54, 1.807) is 37.4 Å². The molecule has 3 aromatic rings. The van der Waals surface area contributed by atoms with Crippen molar-refractivity contribution in [3.63, 3.8) is 0 Å². The molecule has 0 bridgehead atoms. The number of anilines is 2. The van der Waals surface area contributed by atoms with Gasteiger partial charge in [-0.25, -0.2) is 9.78 Å². The molecule has 3 rings (SSSR count). The summed E-state index contributed by atoms with van der Waals surface area (Å²) in [5.41, 5.74) is 1.07. The molecule has 7 heteroatoms. The molecule has 0 atom stereocenters. The average Bonchev–Trinajstić information content (AvgIpc) is 2.66. The molecule has 0 unspecified atom stereocenters. The Balaban J connectivity index is 1.99. The summed E-state index contributed by atoms with van der Waals surface area (Å²) in [4.78, 5) is 35.3. The third-order valence-corrected chi connectivity index (χ3v) is 4.77. The van der Waals surface area contributed by atoms with Gasteiger partial charge in [-0.1, -0.05) is 18.3 Å². The lowest BCUT2D eigenvalue weighted by atomic mass is 10.2. The van der Waals surface area contributed by atoms with Crippen LogP contribution < -0.4 is 10.5 Å². The quantitative estimate of drug-likeness (QED) is 0.616. The summed E-state index contributed by atoms with van der Waals surface area (Å²) in [6, 6.07) is 10.6. The number of pyridine rings is 1. The summed E-state index contributed by atoms with van der Waals surface area (Å²) in [7, 11) is 0. The van der Waals surface area contributed by atoms with Gasteiger partial charge >= 0.3 is 5.97 Å². The highest BCUT2D eigenvalue weighted by molar-refractivity contribution is 7.21. The van der Waals surface area contributed by atoms with Gasteiger partial charge in [0.25, 0.3) is 5.56 Å². The zero-order valence-corrected chi connectivity index (χ0v) is 15.5. The van der Waals surface area contributed by atoms with Crippen LogP contribution in [0.15, 0.2) is 47.4 Å². The number of nitrogens with zero attached hydrogens (tertiary/aromatic N) is 3. The van der Waals surface area contributed by atoms with Gasteiger partial charge < -0.3 is 9.64 Å². The molecule has 6 nitrogen and oxygen atoms in total. The average molecular weight is 369 g/mol. The maximum Gasteiger partial charge on any atom is 0.338 e. The predicted octanol–water partition coefficient (Wildman–Crippen LogP) is 3.78. The van der Waals surface area contributed by atoms with Crippen LogP contribution in [-0.2, 0) is 4.74 Å². The lowest BCUT2D eigenvalue weighted by molar-refractivity contribution is 0.0526. The molecule has 0 amide bonds. The summed E-state index contributed by atoms with van der Waals surface area (Å²) in [6.07, 6.45) is 2.54. The van der Waals surface area contributed by atoms with Gasteiger partial charge in [0.2, 0.25) is 0 Å². The van der Waals surface area contributed by atoms with Crippen LogP contribution >= 0.6 is 11.3 Å². The highest BCUT2D eigenvalue weighted by Crippen LogP contribution is 2.29.